The summed E-state index contributed by atoms with van der Waals surface area (Å²) in [4.78, 5) is 25.0. The summed E-state index contributed by atoms with van der Waals surface area (Å²) in [5.41, 5.74) is 0.646. The third kappa shape index (κ3) is 5.69. The molecular weight excluding hydrogens is 414 g/mol. The van der Waals surface area contributed by atoms with Crippen molar-refractivity contribution in [2.75, 3.05) is 5.32 Å². The van der Waals surface area contributed by atoms with Crippen LogP contribution in [0.5, 0.6) is 5.75 Å². The minimum Gasteiger partial charge on any atom is -0.481 e. The van der Waals surface area contributed by atoms with Crippen molar-refractivity contribution < 1.29 is 23.1 Å². The van der Waals surface area contributed by atoms with Crippen LogP contribution in [0.15, 0.2) is 36.4 Å². The lowest BCUT2D eigenvalue weighted by atomic mass is 9.95. The average Bonchev–Trinajstić information content (AvgIpc) is 2.72. The first-order chi connectivity index (χ1) is 14.3. The minimum atomic E-state index is -1.06. The Morgan fingerprint density at radius 1 is 1.07 bits per heavy atom. The van der Waals surface area contributed by atoms with Crippen molar-refractivity contribution in [3.63, 3.8) is 0 Å². The molecule has 0 bridgehead atoms. The van der Waals surface area contributed by atoms with E-state index in [2.05, 4.69) is 10.6 Å². The van der Waals surface area contributed by atoms with E-state index in [1.807, 2.05) is 0 Å². The van der Waals surface area contributed by atoms with Gasteiger partial charge in [0.2, 0.25) is 0 Å². The van der Waals surface area contributed by atoms with Crippen LogP contribution in [-0.4, -0.2) is 24.0 Å². The Hall–Kier alpha value is -2.67. The van der Waals surface area contributed by atoms with Crippen LogP contribution in [0, 0.1) is 11.6 Å². The first-order valence-electron chi connectivity index (χ1n) is 9.86. The molecule has 5 nitrogen and oxygen atoms in total. The molecule has 0 aromatic heterocycles. The van der Waals surface area contributed by atoms with Gasteiger partial charge in [0.25, 0.3) is 11.8 Å². The number of carbonyl (C=O) groups is 2. The highest BCUT2D eigenvalue weighted by atomic mass is 35.5. The number of hydrogen-bond donors (Lipinski definition) is 2. The largest absolute Gasteiger partial charge is 0.481 e. The number of anilines is 1. The molecule has 0 aliphatic heterocycles. The smallest absolute Gasteiger partial charge is 0.265 e. The van der Waals surface area contributed by atoms with E-state index in [-0.39, 0.29) is 28.3 Å². The van der Waals surface area contributed by atoms with Crippen molar-refractivity contribution in [1.29, 1.82) is 0 Å². The predicted octanol–water partition coefficient (Wildman–Crippen LogP) is 5.09. The number of amides is 2. The van der Waals surface area contributed by atoms with E-state index in [1.165, 1.54) is 31.5 Å². The van der Waals surface area contributed by atoms with Crippen LogP contribution in [-0.2, 0) is 4.79 Å². The maximum Gasteiger partial charge on any atom is 0.265 e. The molecule has 1 atom stereocenters. The lowest BCUT2D eigenvalue weighted by Crippen LogP contribution is -2.36. The Morgan fingerprint density at radius 2 is 1.80 bits per heavy atom. The zero-order valence-corrected chi connectivity index (χ0v) is 17.3. The Kier molecular flexibility index (Phi) is 7.26. The van der Waals surface area contributed by atoms with E-state index in [4.69, 9.17) is 16.3 Å². The summed E-state index contributed by atoms with van der Waals surface area (Å²) >= 11 is 6.18. The van der Waals surface area contributed by atoms with Crippen molar-refractivity contribution in [3.05, 3.63) is 58.6 Å². The monoisotopic (exact) mass is 436 g/mol. The first-order valence-corrected chi connectivity index (χ1v) is 10.2. The molecule has 8 heteroatoms. The Balaban J connectivity index is 1.63. The van der Waals surface area contributed by atoms with Gasteiger partial charge in [0.05, 0.1) is 10.6 Å². The summed E-state index contributed by atoms with van der Waals surface area (Å²) in [5, 5.41) is 5.92. The van der Waals surface area contributed by atoms with Crippen LogP contribution in [0.2, 0.25) is 5.02 Å². The zero-order valence-electron chi connectivity index (χ0n) is 16.5. The Morgan fingerprint density at radius 3 is 2.50 bits per heavy atom. The number of benzene rings is 2. The van der Waals surface area contributed by atoms with Gasteiger partial charge in [-0.05, 0) is 50.1 Å². The quantitative estimate of drug-likeness (QED) is 0.663. The highest BCUT2D eigenvalue weighted by Crippen LogP contribution is 2.23. The third-order valence-electron chi connectivity index (χ3n) is 4.99. The number of rotatable bonds is 6. The molecular formula is C22H23ClF2N2O3. The number of nitrogens with one attached hydrogen (secondary N) is 2. The fraction of sp³-hybridized carbons (Fsp3) is 0.364. The summed E-state index contributed by atoms with van der Waals surface area (Å²) in [6.07, 6.45) is 4.26. The SMILES string of the molecule is CC(Oc1ccc(F)c(F)c1)C(=O)Nc1ccc(Cl)c(C(=O)NC2CCCCC2)c1. The van der Waals surface area contributed by atoms with Crippen LogP contribution in [0.25, 0.3) is 0 Å². The number of hydrogen-bond acceptors (Lipinski definition) is 3. The van der Waals surface area contributed by atoms with Gasteiger partial charge in [-0.2, -0.15) is 0 Å². The third-order valence-corrected chi connectivity index (χ3v) is 5.32. The van der Waals surface area contributed by atoms with Gasteiger partial charge in [0.1, 0.15) is 5.75 Å². The van der Waals surface area contributed by atoms with Gasteiger partial charge in [-0.1, -0.05) is 30.9 Å². The van der Waals surface area contributed by atoms with Crippen LogP contribution in [0.3, 0.4) is 0 Å². The van der Waals surface area contributed by atoms with Gasteiger partial charge in [-0.25, -0.2) is 8.78 Å². The number of ether oxygens (including phenoxy) is 1. The van der Waals surface area contributed by atoms with E-state index < -0.39 is 23.6 Å². The molecule has 0 radical (unpaired) electrons. The molecule has 30 heavy (non-hydrogen) atoms. The second kappa shape index (κ2) is 9.89. The topological polar surface area (TPSA) is 67.4 Å². The molecule has 160 valence electrons. The Labute approximate surface area is 178 Å². The van der Waals surface area contributed by atoms with Crippen molar-refractivity contribution in [2.24, 2.45) is 0 Å². The molecule has 1 fully saturated rings. The predicted molar refractivity (Wildman–Crippen MR) is 111 cm³/mol. The molecule has 2 aromatic rings. The van der Waals surface area contributed by atoms with Gasteiger partial charge in [-0.15, -0.1) is 0 Å². The van der Waals surface area contributed by atoms with Gasteiger partial charge in [0, 0.05) is 17.8 Å². The Bertz CT molecular complexity index is 933. The van der Waals surface area contributed by atoms with Crippen LogP contribution >= 0.6 is 11.6 Å². The maximum absolute atomic E-state index is 13.3. The standard InChI is InChI=1S/C22H23ClF2N2O3/c1-13(30-16-8-10-19(24)20(25)12-16)21(28)27-15-7-9-18(23)17(11-15)22(29)26-14-5-3-2-4-6-14/h7-14H,2-6H2,1H3,(H,26,29)(H,27,28). The molecule has 0 saturated heterocycles. The van der Waals surface area contributed by atoms with E-state index >= 15 is 0 Å². The highest BCUT2D eigenvalue weighted by Gasteiger charge is 2.20. The summed E-state index contributed by atoms with van der Waals surface area (Å²) in [6.45, 7) is 1.48. The number of halogens is 3. The highest BCUT2D eigenvalue weighted by molar-refractivity contribution is 6.34. The zero-order chi connectivity index (χ0) is 21.7. The summed E-state index contributed by atoms with van der Waals surface area (Å²) in [6, 6.07) is 7.77. The minimum absolute atomic E-state index is 0.0280. The van der Waals surface area contributed by atoms with Gasteiger partial charge < -0.3 is 15.4 Å². The summed E-state index contributed by atoms with van der Waals surface area (Å²) < 4.78 is 31.7. The molecule has 3 rings (SSSR count). The molecule has 1 saturated carbocycles. The van der Waals surface area contributed by atoms with Crippen LogP contribution in [0.1, 0.15) is 49.4 Å². The lowest BCUT2D eigenvalue weighted by Gasteiger charge is -2.23. The maximum atomic E-state index is 13.3. The number of carbonyl (C=O) groups excluding carboxylic acids is 2. The summed E-state index contributed by atoms with van der Waals surface area (Å²) in [7, 11) is 0. The molecule has 2 aromatic carbocycles. The fourth-order valence-electron chi connectivity index (χ4n) is 3.34. The molecule has 0 spiro atoms. The molecule has 1 unspecified atom stereocenters. The second-order valence-corrected chi connectivity index (χ2v) is 7.74. The second-order valence-electron chi connectivity index (χ2n) is 7.33. The van der Waals surface area contributed by atoms with Crippen molar-refractivity contribution in [1.82, 2.24) is 5.32 Å². The lowest BCUT2D eigenvalue weighted by molar-refractivity contribution is -0.122. The van der Waals surface area contributed by atoms with Gasteiger partial charge >= 0.3 is 0 Å². The summed E-state index contributed by atoms with van der Waals surface area (Å²) in [5.74, 6) is -2.83. The first kappa shape index (κ1) is 22.0. The molecule has 2 N–H and O–H groups in total. The van der Waals surface area contributed by atoms with E-state index in [9.17, 15) is 18.4 Å². The van der Waals surface area contributed by atoms with Crippen LogP contribution < -0.4 is 15.4 Å². The molecule has 1 aliphatic rings. The normalized spacial score (nSPS) is 15.3. The fourth-order valence-corrected chi connectivity index (χ4v) is 3.54. The molecule has 0 heterocycles. The van der Waals surface area contributed by atoms with Crippen molar-refractivity contribution in [3.8, 4) is 5.75 Å². The van der Waals surface area contributed by atoms with Gasteiger partial charge in [0.15, 0.2) is 17.7 Å². The van der Waals surface area contributed by atoms with Gasteiger partial charge in [-0.3, -0.25) is 9.59 Å². The van der Waals surface area contributed by atoms with Crippen molar-refractivity contribution in [2.45, 2.75) is 51.2 Å². The van der Waals surface area contributed by atoms with Crippen molar-refractivity contribution >= 4 is 29.1 Å². The average molecular weight is 437 g/mol. The van der Waals surface area contributed by atoms with E-state index in [0.29, 0.717) is 5.69 Å². The molecule has 1 aliphatic carbocycles. The van der Waals surface area contributed by atoms with Crippen LogP contribution in [0.4, 0.5) is 14.5 Å². The molecule has 2 amide bonds. The van der Waals surface area contributed by atoms with E-state index in [1.54, 1.807) is 6.07 Å². The van der Waals surface area contributed by atoms with E-state index in [0.717, 1.165) is 37.8 Å².